The van der Waals surface area contributed by atoms with Gasteiger partial charge < -0.3 is 20.1 Å². The number of nitrogens with zero attached hydrogens (tertiary/aromatic N) is 4. The van der Waals surface area contributed by atoms with Gasteiger partial charge in [0.05, 0.1) is 17.0 Å². The highest BCUT2D eigenvalue weighted by molar-refractivity contribution is 5.83. The van der Waals surface area contributed by atoms with Crippen LogP contribution in [0.2, 0.25) is 0 Å². The topological polar surface area (TPSA) is 144 Å². The molecule has 0 spiro atoms. The van der Waals surface area contributed by atoms with Crippen molar-refractivity contribution in [1.29, 1.82) is 0 Å². The molecule has 0 amide bonds. The molecule has 1 aromatic carbocycles. The number of non-ortho nitro benzene ring substituents is 1. The Kier molecular flexibility index (Phi) is 3.29. The van der Waals surface area contributed by atoms with Gasteiger partial charge in [0.25, 0.3) is 5.69 Å². The lowest BCUT2D eigenvalue weighted by atomic mass is 10.0. The van der Waals surface area contributed by atoms with E-state index in [-0.39, 0.29) is 23.3 Å². The second-order valence-corrected chi connectivity index (χ2v) is 4.71. The van der Waals surface area contributed by atoms with Gasteiger partial charge in [0.15, 0.2) is 11.7 Å². The van der Waals surface area contributed by atoms with Gasteiger partial charge in [-0.15, -0.1) is 5.10 Å². The molecule has 0 aliphatic carbocycles. The Morgan fingerprint density at radius 3 is 2.81 bits per heavy atom. The van der Waals surface area contributed by atoms with Crippen LogP contribution in [0.4, 0.5) is 5.69 Å². The molecule has 1 fully saturated rings. The number of benzene rings is 1. The fourth-order valence-corrected chi connectivity index (χ4v) is 2.29. The SMILES string of the molecule is O=[N+]([O-])c1cccc2c1nnn2C1OCC(O)C(O)C1O. The minimum absolute atomic E-state index is 0.0545. The van der Waals surface area contributed by atoms with Crippen LogP contribution >= 0.6 is 0 Å². The quantitative estimate of drug-likeness (QED) is 0.470. The van der Waals surface area contributed by atoms with E-state index in [2.05, 4.69) is 10.3 Å². The van der Waals surface area contributed by atoms with Crippen LogP contribution < -0.4 is 0 Å². The van der Waals surface area contributed by atoms with Crippen molar-refractivity contribution in [2.24, 2.45) is 0 Å². The van der Waals surface area contributed by atoms with Crippen molar-refractivity contribution in [1.82, 2.24) is 15.0 Å². The molecule has 4 unspecified atom stereocenters. The summed E-state index contributed by atoms with van der Waals surface area (Å²) in [7, 11) is 0. The summed E-state index contributed by atoms with van der Waals surface area (Å²) >= 11 is 0. The number of ether oxygens (including phenoxy) is 1. The van der Waals surface area contributed by atoms with Crippen molar-refractivity contribution in [2.75, 3.05) is 6.61 Å². The van der Waals surface area contributed by atoms with Crippen molar-refractivity contribution in [3.8, 4) is 0 Å². The zero-order valence-electron chi connectivity index (χ0n) is 10.6. The lowest BCUT2D eigenvalue weighted by molar-refractivity contribution is -0.383. The summed E-state index contributed by atoms with van der Waals surface area (Å²) in [4.78, 5) is 10.3. The van der Waals surface area contributed by atoms with E-state index in [1.54, 1.807) is 0 Å². The molecule has 10 nitrogen and oxygen atoms in total. The van der Waals surface area contributed by atoms with Gasteiger partial charge in [-0.1, -0.05) is 11.3 Å². The fourth-order valence-electron chi connectivity index (χ4n) is 2.29. The molecule has 3 rings (SSSR count). The molecule has 1 saturated heterocycles. The largest absolute Gasteiger partial charge is 0.388 e. The number of rotatable bonds is 2. The molecular formula is C11H12N4O6. The summed E-state index contributed by atoms with van der Waals surface area (Å²) < 4.78 is 6.41. The molecule has 1 aliphatic rings. The lowest BCUT2D eigenvalue weighted by Crippen LogP contribution is -2.50. The van der Waals surface area contributed by atoms with Crippen molar-refractivity contribution in [2.45, 2.75) is 24.5 Å². The Morgan fingerprint density at radius 2 is 2.10 bits per heavy atom. The molecule has 10 heteroatoms. The maximum atomic E-state index is 10.9. The van der Waals surface area contributed by atoms with Gasteiger partial charge >= 0.3 is 0 Å². The third-order valence-electron chi connectivity index (χ3n) is 3.39. The van der Waals surface area contributed by atoms with Crippen LogP contribution in [0.5, 0.6) is 0 Å². The summed E-state index contributed by atoms with van der Waals surface area (Å²) in [5.74, 6) is 0. The van der Waals surface area contributed by atoms with E-state index in [4.69, 9.17) is 4.74 Å². The third kappa shape index (κ3) is 2.14. The first-order valence-electron chi connectivity index (χ1n) is 6.15. The van der Waals surface area contributed by atoms with Gasteiger partial charge in [-0.25, -0.2) is 4.68 Å². The first kappa shape index (κ1) is 13.8. The van der Waals surface area contributed by atoms with E-state index in [0.717, 1.165) is 4.68 Å². The Hall–Kier alpha value is -2.14. The number of nitro groups is 1. The van der Waals surface area contributed by atoms with Gasteiger partial charge in [0, 0.05) is 6.07 Å². The summed E-state index contributed by atoms with van der Waals surface area (Å²) in [5, 5.41) is 47.5. The normalized spacial score (nSPS) is 29.7. The van der Waals surface area contributed by atoms with E-state index in [1.807, 2.05) is 0 Å². The molecule has 0 bridgehead atoms. The molecule has 1 aliphatic heterocycles. The molecule has 2 aromatic rings. The smallest absolute Gasteiger partial charge is 0.299 e. The summed E-state index contributed by atoms with van der Waals surface area (Å²) in [6.45, 7) is -0.195. The standard InChI is InChI=1S/C11H12N4O6/c16-7-4-21-11(10(18)9(7)17)14-5-2-1-3-6(15(19)20)8(5)12-13-14/h1-3,7,9-11,16-18H,4H2. The molecule has 0 radical (unpaired) electrons. The van der Waals surface area contributed by atoms with Gasteiger partial charge in [-0.2, -0.15) is 0 Å². The van der Waals surface area contributed by atoms with E-state index in [0.29, 0.717) is 0 Å². The summed E-state index contributed by atoms with van der Waals surface area (Å²) in [6, 6.07) is 4.29. The van der Waals surface area contributed by atoms with Gasteiger partial charge in [0.1, 0.15) is 18.3 Å². The second-order valence-electron chi connectivity index (χ2n) is 4.71. The molecule has 4 atom stereocenters. The predicted molar refractivity (Wildman–Crippen MR) is 67.2 cm³/mol. The first-order valence-corrected chi connectivity index (χ1v) is 6.15. The maximum Gasteiger partial charge on any atom is 0.299 e. The Bertz CT molecular complexity index is 688. The summed E-state index contributed by atoms with van der Waals surface area (Å²) in [6.07, 6.45) is -5.13. The number of fused-ring (bicyclic) bond motifs is 1. The van der Waals surface area contributed by atoms with E-state index < -0.39 is 29.5 Å². The average molecular weight is 296 g/mol. The Balaban J connectivity index is 2.06. The zero-order chi connectivity index (χ0) is 15.1. The highest BCUT2D eigenvalue weighted by Crippen LogP contribution is 2.29. The summed E-state index contributed by atoms with van der Waals surface area (Å²) in [5.41, 5.74) is 0.125. The highest BCUT2D eigenvalue weighted by Gasteiger charge is 2.40. The first-order chi connectivity index (χ1) is 10.0. The van der Waals surface area contributed by atoms with Crippen LogP contribution in [-0.2, 0) is 4.74 Å². The second kappa shape index (κ2) is 5.00. The van der Waals surface area contributed by atoms with E-state index in [1.165, 1.54) is 18.2 Å². The van der Waals surface area contributed by atoms with Crippen LogP contribution in [0.3, 0.4) is 0 Å². The molecule has 0 saturated carbocycles. The number of hydrogen-bond acceptors (Lipinski definition) is 8. The minimum Gasteiger partial charge on any atom is -0.388 e. The van der Waals surface area contributed by atoms with Crippen LogP contribution in [0.1, 0.15) is 6.23 Å². The molecule has 2 heterocycles. The predicted octanol–water partition coefficient (Wildman–Crippen LogP) is -1.05. The number of hydrogen-bond donors (Lipinski definition) is 3. The lowest BCUT2D eigenvalue weighted by Gasteiger charge is -2.34. The van der Waals surface area contributed by atoms with Crippen LogP contribution in [0, 0.1) is 10.1 Å². The van der Waals surface area contributed by atoms with Crippen LogP contribution in [0.25, 0.3) is 11.0 Å². The Morgan fingerprint density at radius 1 is 1.33 bits per heavy atom. The number of aliphatic hydroxyl groups is 3. The van der Waals surface area contributed by atoms with Crippen molar-refractivity contribution in [3.63, 3.8) is 0 Å². The number of nitro benzene ring substituents is 1. The average Bonchev–Trinajstić information content (AvgIpc) is 2.88. The van der Waals surface area contributed by atoms with Crippen LogP contribution in [-0.4, -0.2) is 60.2 Å². The zero-order valence-corrected chi connectivity index (χ0v) is 10.6. The van der Waals surface area contributed by atoms with Crippen molar-refractivity contribution >= 4 is 16.7 Å². The molecule has 21 heavy (non-hydrogen) atoms. The molecule has 1 aromatic heterocycles. The highest BCUT2D eigenvalue weighted by atomic mass is 16.6. The molecular weight excluding hydrogens is 284 g/mol. The number of aromatic nitrogens is 3. The maximum absolute atomic E-state index is 10.9. The van der Waals surface area contributed by atoms with E-state index >= 15 is 0 Å². The van der Waals surface area contributed by atoms with Crippen molar-refractivity contribution < 1.29 is 25.0 Å². The van der Waals surface area contributed by atoms with E-state index in [9.17, 15) is 25.4 Å². The molecule has 3 N–H and O–H groups in total. The van der Waals surface area contributed by atoms with Crippen LogP contribution in [0.15, 0.2) is 18.2 Å². The monoisotopic (exact) mass is 296 g/mol. The third-order valence-corrected chi connectivity index (χ3v) is 3.39. The van der Waals surface area contributed by atoms with Gasteiger partial charge in [-0.3, -0.25) is 10.1 Å². The van der Waals surface area contributed by atoms with Gasteiger partial charge in [0.2, 0.25) is 0 Å². The Labute approximate surface area is 117 Å². The fraction of sp³-hybridized carbons (Fsp3) is 0.455. The number of aliphatic hydroxyl groups excluding tert-OH is 3. The molecule has 112 valence electrons. The van der Waals surface area contributed by atoms with Gasteiger partial charge in [-0.05, 0) is 6.07 Å². The van der Waals surface area contributed by atoms with Crippen molar-refractivity contribution in [3.05, 3.63) is 28.3 Å². The minimum atomic E-state index is -1.43.